The lowest BCUT2D eigenvalue weighted by Gasteiger charge is -2.13. The number of carbonyl (C=O) groups excluding carboxylic acids is 1. The molecule has 0 saturated carbocycles. The molecular weight excluding hydrogens is 626 g/mol. The normalized spacial score (nSPS) is 11.1. The second-order valence-electron chi connectivity index (χ2n) is 7.25. The number of fused-ring (bicyclic) bond motifs is 1. The van der Waals surface area contributed by atoms with E-state index in [1.165, 1.54) is 10.8 Å². The van der Waals surface area contributed by atoms with Crippen molar-refractivity contribution in [1.29, 1.82) is 0 Å². The molecule has 0 radical (unpaired) electrons. The molecule has 4 aromatic rings. The van der Waals surface area contributed by atoms with Gasteiger partial charge in [0.1, 0.15) is 12.4 Å². The Morgan fingerprint density at radius 3 is 2.44 bits per heavy atom. The maximum absolute atomic E-state index is 12.3. The summed E-state index contributed by atoms with van der Waals surface area (Å²) in [6.45, 7) is 2.40. The van der Waals surface area contributed by atoms with Crippen molar-refractivity contribution in [3.63, 3.8) is 0 Å². The predicted molar refractivity (Wildman–Crippen MR) is 146 cm³/mol. The Hall–Kier alpha value is -2.46. The van der Waals surface area contributed by atoms with Crippen molar-refractivity contribution >= 4 is 68.1 Å². The SMILES string of the molecule is Cc1ccccc1C(=O)N/N=C\c1cc(I)c(OCc2cccc3ccccc23)c(I)c1. The van der Waals surface area contributed by atoms with Crippen molar-refractivity contribution in [2.45, 2.75) is 13.5 Å². The number of rotatable bonds is 6. The number of carbonyl (C=O) groups is 1. The van der Waals surface area contributed by atoms with Gasteiger partial charge in [0.25, 0.3) is 5.91 Å². The Morgan fingerprint density at radius 2 is 1.66 bits per heavy atom. The first-order valence-electron chi connectivity index (χ1n) is 10.0. The van der Waals surface area contributed by atoms with Crippen LogP contribution >= 0.6 is 45.2 Å². The van der Waals surface area contributed by atoms with E-state index in [9.17, 15) is 4.79 Å². The minimum absolute atomic E-state index is 0.223. The smallest absolute Gasteiger partial charge is 0.271 e. The van der Waals surface area contributed by atoms with Gasteiger partial charge in [-0.3, -0.25) is 4.79 Å². The molecule has 6 heteroatoms. The van der Waals surface area contributed by atoms with Crippen LogP contribution in [0.1, 0.15) is 27.0 Å². The van der Waals surface area contributed by atoms with Crippen molar-refractivity contribution < 1.29 is 9.53 Å². The van der Waals surface area contributed by atoms with E-state index in [4.69, 9.17) is 4.74 Å². The van der Waals surface area contributed by atoms with E-state index in [0.717, 1.165) is 29.6 Å². The average molecular weight is 646 g/mol. The lowest BCUT2D eigenvalue weighted by Crippen LogP contribution is -2.18. The molecule has 4 aromatic carbocycles. The quantitative estimate of drug-likeness (QED) is 0.144. The van der Waals surface area contributed by atoms with E-state index >= 15 is 0 Å². The molecule has 0 aromatic heterocycles. The number of amides is 1. The average Bonchev–Trinajstić information content (AvgIpc) is 2.79. The molecule has 0 fully saturated rings. The highest BCUT2D eigenvalue weighted by Gasteiger charge is 2.11. The van der Waals surface area contributed by atoms with Crippen LogP contribution < -0.4 is 10.2 Å². The highest BCUT2D eigenvalue weighted by molar-refractivity contribution is 14.1. The van der Waals surface area contributed by atoms with Crippen molar-refractivity contribution in [1.82, 2.24) is 5.43 Å². The van der Waals surface area contributed by atoms with Crippen LogP contribution in [0.4, 0.5) is 0 Å². The van der Waals surface area contributed by atoms with Gasteiger partial charge in [0.15, 0.2) is 0 Å². The van der Waals surface area contributed by atoms with Gasteiger partial charge >= 0.3 is 0 Å². The van der Waals surface area contributed by atoms with Crippen LogP contribution in [0.15, 0.2) is 84.0 Å². The first-order valence-corrected chi connectivity index (χ1v) is 12.2. The molecule has 0 saturated heterocycles. The summed E-state index contributed by atoms with van der Waals surface area (Å²) in [5, 5.41) is 6.53. The topological polar surface area (TPSA) is 50.7 Å². The first kappa shape index (κ1) is 22.7. The molecule has 4 nitrogen and oxygen atoms in total. The van der Waals surface area contributed by atoms with Gasteiger partial charge < -0.3 is 4.74 Å². The Bertz CT molecular complexity index is 1290. The minimum atomic E-state index is -0.223. The van der Waals surface area contributed by atoms with Crippen molar-refractivity contribution in [3.8, 4) is 5.75 Å². The van der Waals surface area contributed by atoms with E-state index in [1.807, 2.05) is 49.4 Å². The molecule has 0 unspecified atom stereocenters. The van der Waals surface area contributed by atoms with Crippen molar-refractivity contribution in [3.05, 3.63) is 108 Å². The Kier molecular flexibility index (Phi) is 7.41. The molecule has 0 atom stereocenters. The summed E-state index contributed by atoms with van der Waals surface area (Å²) in [5.74, 6) is 0.624. The van der Waals surface area contributed by atoms with E-state index in [0.29, 0.717) is 12.2 Å². The number of hydrazone groups is 1. The highest BCUT2D eigenvalue weighted by atomic mass is 127. The van der Waals surface area contributed by atoms with Crippen molar-refractivity contribution in [2.75, 3.05) is 0 Å². The fraction of sp³-hybridized carbons (Fsp3) is 0.0769. The summed E-state index contributed by atoms with van der Waals surface area (Å²) in [4.78, 5) is 12.3. The number of aryl methyl sites for hydroxylation is 1. The van der Waals surface area contributed by atoms with Crippen LogP contribution in [0.5, 0.6) is 5.75 Å². The zero-order valence-corrected chi connectivity index (χ0v) is 21.6. The number of nitrogens with zero attached hydrogens (tertiary/aromatic N) is 1. The standard InChI is InChI=1S/C26H20I2N2O2/c1-17-7-2-4-11-21(17)26(31)30-29-15-18-13-23(27)25(24(28)14-18)32-16-20-10-6-9-19-8-3-5-12-22(19)20/h2-15H,16H2,1H3,(H,30,31)/b29-15-. The minimum Gasteiger partial charge on any atom is -0.487 e. The maximum atomic E-state index is 12.3. The molecule has 1 N–H and O–H groups in total. The number of hydrogen-bond donors (Lipinski definition) is 1. The molecule has 0 aliphatic carbocycles. The van der Waals surface area contributed by atoms with Crippen LogP contribution in [0.2, 0.25) is 0 Å². The second kappa shape index (κ2) is 10.4. The van der Waals surface area contributed by atoms with Crippen LogP contribution in [0.25, 0.3) is 10.8 Å². The van der Waals surface area contributed by atoms with Gasteiger partial charge in [-0.05, 0) is 97.8 Å². The molecule has 0 aliphatic rings. The Morgan fingerprint density at radius 1 is 0.969 bits per heavy atom. The molecule has 0 bridgehead atoms. The molecule has 160 valence electrons. The Balaban J connectivity index is 1.45. The number of nitrogens with one attached hydrogen (secondary N) is 1. The van der Waals surface area contributed by atoms with E-state index < -0.39 is 0 Å². The summed E-state index contributed by atoms with van der Waals surface area (Å²) in [6.07, 6.45) is 1.65. The molecule has 1 amide bonds. The fourth-order valence-corrected chi connectivity index (χ4v) is 5.54. The summed E-state index contributed by atoms with van der Waals surface area (Å²) in [7, 11) is 0. The summed E-state index contributed by atoms with van der Waals surface area (Å²) in [6, 6.07) is 26.0. The largest absolute Gasteiger partial charge is 0.487 e. The first-order chi connectivity index (χ1) is 15.5. The van der Waals surface area contributed by atoms with Gasteiger partial charge in [0.05, 0.1) is 13.4 Å². The number of benzene rings is 4. The lowest BCUT2D eigenvalue weighted by atomic mass is 10.1. The molecule has 32 heavy (non-hydrogen) atoms. The van der Waals surface area contributed by atoms with Gasteiger partial charge in [-0.25, -0.2) is 5.43 Å². The number of halogens is 2. The van der Waals surface area contributed by atoms with Gasteiger partial charge in [-0.1, -0.05) is 60.7 Å². The van der Waals surface area contributed by atoms with Crippen LogP contribution in [-0.2, 0) is 6.61 Å². The number of ether oxygens (including phenoxy) is 1. The summed E-state index contributed by atoms with van der Waals surface area (Å²) >= 11 is 4.54. The van der Waals surface area contributed by atoms with Gasteiger partial charge in [0.2, 0.25) is 0 Å². The Labute approximate surface area is 214 Å². The molecule has 0 spiro atoms. The van der Waals surface area contributed by atoms with E-state index in [-0.39, 0.29) is 5.91 Å². The van der Waals surface area contributed by atoms with E-state index in [2.05, 4.69) is 86.0 Å². The van der Waals surface area contributed by atoms with Gasteiger partial charge in [-0.15, -0.1) is 0 Å². The fourth-order valence-electron chi connectivity index (χ4n) is 3.41. The maximum Gasteiger partial charge on any atom is 0.271 e. The summed E-state index contributed by atoms with van der Waals surface area (Å²) in [5.41, 5.74) is 6.17. The zero-order chi connectivity index (χ0) is 22.5. The third kappa shape index (κ3) is 5.29. The molecule has 4 rings (SSSR count). The third-order valence-corrected chi connectivity index (χ3v) is 6.64. The number of hydrogen-bond acceptors (Lipinski definition) is 3. The van der Waals surface area contributed by atoms with Crippen LogP contribution in [-0.4, -0.2) is 12.1 Å². The summed E-state index contributed by atoms with van der Waals surface area (Å²) < 4.78 is 8.18. The lowest BCUT2D eigenvalue weighted by molar-refractivity contribution is 0.0954. The predicted octanol–water partition coefficient (Wildman–Crippen LogP) is 6.70. The zero-order valence-electron chi connectivity index (χ0n) is 17.3. The molecular formula is C26H20I2N2O2. The molecule has 0 aliphatic heterocycles. The monoisotopic (exact) mass is 646 g/mol. The molecule has 0 heterocycles. The second-order valence-corrected chi connectivity index (χ2v) is 9.58. The van der Waals surface area contributed by atoms with Gasteiger partial charge in [0, 0.05) is 5.56 Å². The van der Waals surface area contributed by atoms with E-state index in [1.54, 1.807) is 12.3 Å². The highest BCUT2D eigenvalue weighted by Crippen LogP contribution is 2.30. The van der Waals surface area contributed by atoms with Crippen molar-refractivity contribution in [2.24, 2.45) is 5.10 Å². The van der Waals surface area contributed by atoms with Crippen LogP contribution in [0, 0.1) is 14.1 Å². The third-order valence-electron chi connectivity index (χ3n) is 5.04. The van der Waals surface area contributed by atoms with Crippen LogP contribution in [0.3, 0.4) is 0 Å². The van der Waals surface area contributed by atoms with Gasteiger partial charge in [-0.2, -0.15) is 5.10 Å².